The molecule has 0 amide bonds. The molecule has 24 heavy (non-hydrogen) atoms. The van der Waals surface area contributed by atoms with Gasteiger partial charge in [-0.15, -0.1) is 0 Å². The summed E-state index contributed by atoms with van der Waals surface area (Å²) in [6.07, 6.45) is 15.3. The summed E-state index contributed by atoms with van der Waals surface area (Å²) in [5.74, 6) is 5.38. The Bertz CT molecular complexity index is 675. The highest BCUT2D eigenvalue weighted by Gasteiger charge is 2.68. The maximum atomic E-state index is 11.9. The fourth-order valence-corrected chi connectivity index (χ4v) is 8.04. The third-order valence-electron chi connectivity index (χ3n) is 9.13. The normalized spacial score (nSPS) is 57.2. The summed E-state index contributed by atoms with van der Waals surface area (Å²) in [6.45, 7) is 3.36. The van der Waals surface area contributed by atoms with Gasteiger partial charge in [0.1, 0.15) is 0 Å². The lowest BCUT2D eigenvalue weighted by atomic mass is 9.50. The molecular weight excluding hydrogens is 296 g/mol. The third-order valence-corrected chi connectivity index (χ3v) is 9.13. The topological polar surface area (TPSA) is 26.3 Å². The number of carbonyl (C=O) groups excluding carboxylic acids is 1. The molecule has 4 fully saturated rings. The van der Waals surface area contributed by atoms with E-state index < -0.39 is 0 Å². The van der Waals surface area contributed by atoms with E-state index in [1.165, 1.54) is 32.1 Å². The summed E-state index contributed by atoms with van der Waals surface area (Å²) >= 11 is 0. The van der Waals surface area contributed by atoms with Crippen LogP contribution in [0.3, 0.4) is 0 Å². The van der Waals surface area contributed by atoms with Crippen molar-refractivity contribution in [2.75, 3.05) is 6.61 Å². The number of carbonyl (C=O) groups is 1. The first-order chi connectivity index (χ1) is 11.6. The number of fused-ring (bicyclic) bond motifs is 9. The van der Waals surface area contributed by atoms with Gasteiger partial charge in [0.2, 0.25) is 0 Å². The van der Waals surface area contributed by atoms with E-state index in [1.807, 2.05) is 0 Å². The second-order valence-corrected chi connectivity index (χ2v) is 9.71. The number of hydrogen-bond donors (Lipinski definition) is 0. The SMILES string of the molecule is C[C@]12CCC3C(C1CC[C@@]21C=CCO1)[C@H]1C[C@H]1C1=CC(=O)CC[C@@H]13. The molecule has 0 N–H and O–H groups in total. The lowest BCUT2D eigenvalue weighted by Gasteiger charge is -2.55. The molecule has 6 aliphatic rings. The zero-order chi connectivity index (χ0) is 16.1. The Morgan fingerprint density at radius 2 is 2.04 bits per heavy atom. The van der Waals surface area contributed by atoms with E-state index in [2.05, 4.69) is 25.2 Å². The van der Waals surface area contributed by atoms with E-state index >= 15 is 0 Å². The molecule has 1 spiro atoms. The second-order valence-electron chi connectivity index (χ2n) is 9.71. The van der Waals surface area contributed by atoms with Crippen LogP contribution in [0.1, 0.15) is 51.9 Å². The predicted octanol–water partition coefficient (Wildman–Crippen LogP) is 4.31. The molecule has 6 rings (SSSR count). The molecule has 2 nitrogen and oxygen atoms in total. The van der Waals surface area contributed by atoms with Crippen molar-refractivity contribution < 1.29 is 9.53 Å². The van der Waals surface area contributed by atoms with Gasteiger partial charge in [-0.2, -0.15) is 0 Å². The Morgan fingerprint density at radius 1 is 1.12 bits per heavy atom. The molecule has 0 saturated heterocycles. The molecule has 5 aliphatic carbocycles. The fraction of sp³-hybridized carbons (Fsp3) is 0.773. The van der Waals surface area contributed by atoms with Crippen molar-refractivity contribution in [2.24, 2.45) is 40.9 Å². The van der Waals surface area contributed by atoms with E-state index in [9.17, 15) is 4.79 Å². The average molecular weight is 324 g/mol. The molecule has 0 aromatic rings. The Hall–Kier alpha value is -0.890. The second kappa shape index (κ2) is 4.44. The molecule has 3 unspecified atom stereocenters. The minimum Gasteiger partial charge on any atom is -0.366 e. The third kappa shape index (κ3) is 1.55. The molecular formula is C22H28O2. The van der Waals surface area contributed by atoms with E-state index in [0.29, 0.717) is 11.2 Å². The molecule has 4 saturated carbocycles. The van der Waals surface area contributed by atoms with Gasteiger partial charge in [-0.3, -0.25) is 4.79 Å². The van der Waals surface area contributed by atoms with Crippen LogP contribution in [0.4, 0.5) is 0 Å². The molecule has 0 bridgehead atoms. The molecule has 1 heterocycles. The van der Waals surface area contributed by atoms with Crippen LogP contribution in [0.25, 0.3) is 0 Å². The van der Waals surface area contributed by atoms with E-state index in [0.717, 1.165) is 55.0 Å². The monoisotopic (exact) mass is 324 g/mol. The van der Waals surface area contributed by atoms with Crippen LogP contribution in [0.15, 0.2) is 23.8 Å². The first kappa shape index (κ1) is 14.3. The zero-order valence-corrected chi connectivity index (χ0v) is 14.7. The van der Waals surface area contributed by atoms with Crippen LogP contribution in [0.5, 0.6) is 0 Å². The smallest absolute Gasteiger partial charge is 0.155 e. The van der Waals surface area contributed by atoms with E-state index in [4.69, 9.17) is 4.74 Å². The minimum atomic E-state index is 0.0473. The van der Waals surface area contributed by atoms with Crippen molar-refractivity contribution in [2.45, 2.75) is 57.5 Å². The van der Waals surface area contributed by atoms with Crippen LogP contribution in [0, 0.1) is 40.9 Å². The number of hydrogen-bond acceptors (Lipinski definition) is 2. The lowest BCUT2D eigenvalue weighted by Crippen LogP contribution is -2.52. The highest BCUT2D eigenvalue weighted by Crippen LogP contribution is 2.72. The molecule has 2 heteroatoms. The van der Waals surface area contributed by atoms with E-state index in [1.54, 1.807) is 5.57 Å². The van der Waals surface area contributed by atoms with Crippen molar-refractivity contribution in [1.29, 1.82) is 0 Å². The van der Waals surface area contributed by atoms with Gasteiger partial charge in [-0.1, -0.05) is 24.6 Å². The molecule has 0 aromatic carbocycles. The highest BCUT2D eigenvalue weighted by atomic mass is 16.5. The van der Waals surface area contributed by atoms with Gasteiger partial charge in [-0.05, 0) is 80.1 Å². The summed E-state index contributed by atoms with van der Waals surface area (Å²) in [7, 11) is 0. The van der Waals surface area contributed by atoms with Crippen LogP contribution in [0.2, 0.25) is 0 Å². The summed E-state index contributed by atoms with van der Waals surface area (Å²) in [6, 6.07) is 0. The Labute approximate surface area is 144 Å². The molecule has 128 valence electrons. The van der Waals surface area contributed by atoms with Crippen molar-refractivity contribution >= 4 is 5.78 Å². The number of rotatable bonds is 0. The van der Waals surface area contributed by atoms with Crippen LogP contribution < -0.4 is 0 Å². The quantitative estimate of drug-likeness (QED) is 0.621. The van der Waals surface area contributed by atoms with Gasteiger partial charge in [0.05, 0.1) is 12.2 Å². The predicted molar refractivity (Wildman–Crippen MR) is 92.3 cm³/mol. The van der Waals surface area contributed by atoms with Gasteiger partial charge >= 0.3 is 0 Å². The Morgan fingerprint density at radius 3 is 2.88 bits per heavy atom. The van der Waals surface area contributed by atoms with Crippen molar-refractivity contribution in [1.82, 2.24) is 0 Å². The largest absolute Gasteiger partial charge is 0.366 e. The van der Waals surface area contributed by atoms with Crippen molar-refractivity contribution in [3.05, 3.63) is 23.8 Å². The van der Waals surface area contributed by atoms with Gasteiger partial charge in [0, 0.05) is 11.8 Å². The van der Waals surface area contributed by atoms with Crippen molar-refractivity contribution in [3.8, 4) is 0 Å². The van der Waals surface area contributed by atoms with Gasteiger partial charge < -0.3 is 4.74 Å². The maximum absolute atomic E-state index is 11.9. The van der Waals surface area contributed by atoms with Crippen LogP contribution in [-0.4, -0.2) is 18.0 Å². The van der Waals surface area contributed by atoms with Gasteiger partial charge in [0.25, 0.3) is 0 Å². The summed E-state index contributed by atoms with van der Waals surface area (Å²) in [5.41, 5.74) is 1.97. The molecule has 1 aliphatic heterocycles. The highest BCUT2D eigenvalue weighted by molar-refractivity contribution is 5.91. The van der Waals surface area contributed by atoms with Gasteiger partial charge in [0.15, 0.2) is 5.78 Å². The van der Waals surface area contributed by atoms with Gasteiger partial charge in [-0.25, -0.2) is 0 Å². The molecule has 0 radical (unpaired) electrons. The zero-order valence-electron chi connectivity index (χ0n) is 14.7. The number of ether oxygens (including phenoxy) is 1. The fourth-order valence-electron chi connectivity index (χ4n) is 8.04. The Kier molecular flexibility index (Phi) is 2.64. The number of allylic oxidation sites excluding steroid dienone is 1. The van der Waals surface area contributed by atoms with Crippen LogP contribution >= 0.6 is 0 Å². The van der Waals surface area contributed by atoms with Crippen molar-refractivity contribution in [3.63, 3.8) is 0 Å². The summed E-state index contributed by atoms with van der Waals surface area (Å²) < 4.78 is 6.36. The first-order valence-corrected chi connectivity index (χ1v) is 10.2. The minimum absolute atomic E-state index is 0.0473. The summed E-state index contributed by atoms with van der Waals surface area (Å²) in [4.78, 5) is 11.9. The number of ketones is 1. The molecule has 8 atom stereocenters. The van der Waals surface area contributed by atoms with Crippen LogP contribution in [-0.2, 0) is 9.53 Å². The first-order valence-electron chi connectivity index (χ1n) is 10.2. The average Bonchev–Trinajstić information content (AvgIpc) is 3.14. The maximum Gasteiger partial charge on any atom is 0.155 e. The standard InChI is InChI=1S/C22H28O2/c1-21-8-5-15-14-4-3-13(23)11-16(14)17-12-18(17)20(15)19(21)6-9-22(21)7-2-10-24-22/h2,7,11,14-15,17-20H,3-6,8-10,12H2,1H3/t14-,15?,17+,18+,19?,20?,21+,22+/m1/s1. The summed E-state index contributed by atoms with van der Waals surface area (Å²) in [5, 5.41) is 0. The van der Waals surface area contributed by atoms with E-state index in [-0.39, 0.29) is 5.60 Å². The molecule has 0 aromatic heterocycles. The Balaban J connectivity index is 1.39. The lowest BCUT2D eigenvalue weighted by molar-refractivity contribution is -0.119.